The smallest absolute Gasteiger partial charge is 0.368 e. The van der Waals surface area contributed by atoms with Crippen molar-refractivity contribution in [1.29, 1.82) is 0 Å². The third-order valence-electron chi connectivity index (χ3n) is 4.87. The Morgan fingerprint density at radius 1 is 0.767 bits per heavy atom. The molecule has 4 nitrogen and oxygen atoms in total. The molecular formula is C26H22N2O2. The van der Waals surface area contributed by atoms with E-state index >= 15 is 0 Å². The van der Waals surface area contributed by atoms with E-state index < -0.39 is 5.97 Å². The average Bonchev–Trinajstić information content (AvgIpc) is 3.14. The highest BCUT2D eigenvalue weighted by Gasteiger charge is 2.26. The van der Waals surface area contributed by atoms with Crippen molar-refractivity contribution in [2.45, 2.75) is 0 Å². The van der Waals surface area contributed by atoms with Crippen molar-refractivity contribution in [2.75, 3.05) is 19.0 Å². The molecule has 4 rings (SSSR count). The molecule has 0 saturated heterocycles. The molecule has 0 aliphatic carbocycles. The molecule has 0 unspecified atom stereocenters. The largest absolute Gasteiger partial charge is 0.378 e. The van der Waals surface area contributed by atoms with Gasteiger partial charge < -0.3 is 9.74 Å². The highest BCUT2D eigenvalue weighted by Crippen LogP contribution is 2.21. The van der Waals surface area contributed by atoms with Gasteiger partial charge in [-0.3, -0.25) is 0 Å². The van der Waals surface area contributed by atoms with E-state index in [1.807, 2.05) is 74.8 Å². The third-order valence-corrected chi connectivity index (χ3v) is 4.87. The maximum atomic E-state index is 12.1. The minimum Gasteiger partial charge on any atom is -0.378 e. The molecule has 1 aliphatic rings. The number of carbonyl (C=O) groups excluding carboxylic acids is 1. The molecule has 0 N–H and O–H groups in total. The first kappa shape index (κ1) is 19.4. The van der Waals surface area contributed by atoms with Gasteiger partial charge in [0, 0.05) is 25.3 Å². The Hall–Kier alpha value is -3.92. The van der Waals surface area contributed by atoms with Gasteiger partial charge in [0.1, 0.15) is 5.71 Å². The van der Waals surface area contributed by atoms with Crippen LogP contribution in [-0.2, 0) is 9.63 Å². The molecule has 0 bridgehead atoms. The van der Waals surface area contributed by atoms with E-state index in [0.717, 1.165) is 22.3 Å². The van der Waals surface area contributed by atoms with Crippen molar-refractivity contribution >= 4 is 35.6 Å². The summed E-state index contributed by atoms with van der Waals surface area (Å²) >= 11 is 0. The molecule has 0 atom stereocenters. The maximum Gasteiger partial charge on any atom is 0.368 e. The summed E-state index contributed by atoms with van der Waals surface area (Å²) in [5.41, 5.74) is 6.20. The number of nitrogens with zero attached hydrogens (tertiary/aromatic N) is 2. The molecule has 0 amide bonds. The first-order chi connectivity index (χ1) is 14.6. The molecule has 4 heteroatoms. The van der Waals surface area contributed by atoms with Crippen LogP contribution in [0.4, 0.5) is 5.69 Å². The molecule has 0 saturated carbocycles. The van der Waals surface area contributed by atoms with Crippen molar-refractivity contribution in [1.82, 2.24) is 0 Å². The SMILES string of the molecule is CN(C)c1ccc(/C=C/c2ccc(/C=C3\C(=O)ON=C3c3ccccc3)cc2)cc1. The Bertz CT molecular complexity index is 1120. The second-order valence-corrected chi connectivity index (χ2v) is 7.23. The normalized spacial score (nSPS) is 14.8. The zero-order valence-electron chi connectivity index (χ0n) is 16.9. The lowest BCUT2D eigenvalue weighted by molar-refractivity contribution is -0.136. The van der Waals surface area contributed by atoms with Crippen LogP contribution in [0.3, 0.4) is 0 Å². The Morgan fingerprint density at radius 2 is 1.33 bits per heavy atom. The third kappa shape index (κ3) is 4.39. The second kappa shape index (κ2) is 8.62. The van der Waals surface area contributed by atoms with E-state index in [-0.39, 0.29) is 0 Å². The van der Waals surface area contributed by atoms with Gasteiger partial charge in [0.2, 0.25) is 0 Å². The first-order valence-electron chi connectivity index (χ1n) is 9.72. The summed E-state index contributed by atoms with van der Waals surface area (Å²) in [5.74, 6) is -0.431. The van der Waals surface area contributed by atoms with Crippen LogP contribution in [0, 0.1) is 0 Å². The van der Waals surface area contributed by atoms with E-state index in [0.29, 0.717) is 11.3 Å². The molecule has 3 aromatic carbocycles. The second-order valence-electron chi connectivity index (χ2n) is 7.23. The summed E-state index contributed by atoms with van der Waals surface area (Å²) in [6, 6.07) is 26.0. The van der Waals surface area contributed by atoms with Crippen LogP contribution in [0.1, 0.15) is 22.3 Å². The Balaban J connectivity index is 1.50. The lowest BCUT2D eigenvalue weighted by Gasteiger charge is -2.11. The van der Waals surface area contributed by atoms with Gasteiger partial charge in [0.05, 0.1) is 5.57 Å². The van der Waals surface area contributed by atoms with Gasteiger partial charge in [-0.05, 0) is 34.9 Å². The Morgan fingerprint density at radius 3 is 1.93 bits per heavy atom. The highest BCUT2D eigenvalue weighted by atomic mass is 16.7. The van der Waals surface area contributed by atoms with Crippen molar-refractivity contribution in [2.24, 2.45) is 5.16 Å². The van der Waals surface area contributed by atoms with Gasteiger partial charge in [-0.2, -0.15) is 0 Å². The van der Waals surface area contributed by atoms with E-state index in [1.165, 1.54) is 5.69 Å². The van der Waals surface area contributed by atoms with E-state index in [2.05, 4.69) is 46.5 Å². The molecule has 30 heavy (non-hydrogen) atoms. The average molecular weight is 394 g/mol. The van der Waals surface area contributed by atoms with Crippen LogP contribution < -0.4 is 4.90 Å². The predicted octanol–water partition coefficient (Wildman–Crippen LogP) is 5.27. The maximum absolute atomic E-state index is 12.1. The van der Waals surface area contributed by atoms with E-state index in [4.69, 9.17) is 4.84 Å². The molecule has 148 valence electrons. The quantitative estimate of drug-likeness (QED) is 0.336. The number of oxime groups is 1. The van der Waals surface area contributed by atoms with Crippen LogP contribution >= 0.6 is 0 Å². The van der Waals surface area contributed by atoms with Crippen LogP contribution in [0.15, 0.2) is 89.6 Å². The topological polar surface area (TPSA) is 41.9 Å². The summed E-state index contributed by atoms with van der Waals surface area (Å²) in [7, 11) is 4.06. The fourth-order valence-electron chi connectivity index (χ4n) is 3.16. The van der Waals surface area contributed by atoms with Crippen molar-refractivity contribution in [3.05, 3.63) is 107 Å². The Labute approximate surface area is 176 Å². The van der Waals surface area contributed by atoms with Crippen LogP contribution in [-0.4, -0.2) is 25.8 Å². The fourth-order valence-corrected chi connectivity index (χ4v) is 3.16. The van der Waals surface area contributed by atoms with Gasteiger partial charge in [-0.1, -0.05) is 84.0 Å². The minimum atomic E-state index is -0.431. The van der Waals surface area contributed by atoms with Gasteiger partial charge in [0.25, 0.3) is 0 Å². The number of rotatable bonds is 5. The lowest BCUT2D eigenvalue weighted by Crippen LogP contribution is -2.07. The fraction of sp³-hybridized carbons (Fsp3) is 0.0769. The minimum absolute atomic E-state index is 0.431. The zero-order chi connectivity index (χ0) is 20.9. The molecule has 0 spiro atoms. The standard InChI is InChI=1S/C26H22N2O2/c1-28(2)23-16-14-20(15-17-23)9-8-19-10-12-21(13-11-19)18-24-25(27-30-26(24)29)22-6-4-3-5-7-22/h3-18H,1-2H3/b9-8+,24-18-. The summed E-state index contributed by atoms with van der Waals surface area (Å²) < 4.78 is 0. The molecular weight excluding hydrogens is 372 g/mol. The van der Waals surface area contributed by atoms with Gasteiger partial charge >= 0.3 is 5.97 Å². The van der Waals surface area contributed by atoms with Gasteiger partial charge in [0.15, 0.2) is 0 Å². The summed E-state index contributed by atoms with van der Waals surface area (Å²) in [5, 5.41) is 3.95. The molecule has 3 aromatic rings. The van der Waals surface area contributed by atoms with E-state index in [9.17, 15) is 4.79 Å². The van der Waals surface area contributed by atoms with Crippen LogP contribution in [0.5, 0.6) is 0 Å². The number of benzene rings is 3. The van der Waals surface area contributed by atoms with Gasteiger partial charge in [-0.25, -0.2) is 4.79 Å². The number of hydrogen-bond acceptors (Lipinski definition) is 4. The summed E-state index contributed by atoms with van der Waals surface area (Å²) in [6.45, 7) is 0. The first-order valence-corrected chi connectivity index (χ1v) is 9.72. The predicted molar refractivity (Wildman–Crippen MR) is 123 cm³/mol. The summed E-state index contributed by atoms with van der Waals surface area (Å²) in [4.78, 5) is 19.1. The zero-order valence-corrected chi connectivity index (χ0v) is 16.9. The summed E-state index contributed by atoms with van der Waals surface area (Å²) in [6.07, 6.45) is 5.97. The Kier molecular flexibility index (Phi) is 5.57. The lowest BCUT2D eigenvalue weighted by atomic mass is 10.0. The molecule has 0 radical (unpaired) electrons. The van der Waals surface area contributed by atoms with Crippen molar-refractivity contribution < 1.29 is 9.63 Å². The molecule has 1 aliphatic heterocycles. The van der Waals surface area contributed by atoms with Gasteiger partial charge in [-0.15, -0.1) is 0 Å². The number of hydrogen-bond donors (Lipinski definition) is 0. The monoisotopic (exact) mass is 394 g/mol. The number of carbonyl (C=O) groups is 1. The van der Waals surface area contributed by atoms with Crippen LogP contribution in [0.2, 0.25) is 0 Å². The molecule has 0 fully saturated rings. The van der Waals surface area contributed by atoms with E-state index in [1.54, 1.807) is 0 Å². The van der Waals surface area contributed by atoms with Crippen LogP contribution in [0.25, 0.3) is 18.2 Å². The number of anilines is 1. The van der Waals surface area contributed by atoms with Crippen molar-refractivity contribution in [3.8, 4) is 0 Å². The molecule has 0 aromatic heterocycles. The molecule has 1 heterocycles. The highest BCUT2D eigenvalue weighted by molar-refractivity contribution is 6.31. The van der Waals surface area contributed by atoms with Crippen molar-refractivity contribution in [3.63, 3.8) is 0 Å².